The highest BCUT2D eigenvalue weighted by Gasteiger charge is 2.44. The van der Waals surface area contributed by atoms with Gasteiger partial charge in [-0.05, 0) is 53.6 Å². The van der Waals surface area contributed by atoms with Crippen molar-refractivity contribution in [2.24, 2.45) is 0 Å². The quantitative estimate of drug-likeness (QED) is 0.750. The van der Waals surface area contributed by atoms with Gasteiger partial charge in [-0.3, -0.25) is 4.79 Å². The molecule has 26 heavy (non-hydrogen) atoms. The average Bonchev–Trinajstić information content (AvgIpc) is 3.27. The molecule has 0 bridgehead atoms. The molecular formula is C22H18N2OS. The van der Waals surface area contributed by atoms with Crippen LogP contribution in [0.25, 0.3) is 0 Å². The summed E-state index contributed by atoms with van der Waals surface area (Å²) in [7, 11) is 0. The van der Waals surface area contributed by atoms with Crippen molar-refractivity contribution in [3.8, 4) is 6.07 Å². The van der Waals surface area contributed by atoms with Gasteiger partial charge in [0.2, 0.25) is 0 Å². The fourth-order valence-electron chi connectivity index (χ4n) is 3.97. The van der Waals surface area contributed by atoms with E-state index in [1.54, 1.807) is 0 Å². The van der Waals surface area contributed by atoms with Crippen LogP contribution in [0, 0.1) is 11.3 Å². The van der Waals surface area contributed by atoms with E-state index in [2.05, 4.69) is 30.4 Å². The topological polar surface area (TPSA) is 52.9 Å². The molecular weight excluding hydrogens is 340 g/mol. The Bertz CT molecular complexity index is 989. The van der Waals surface area contributed by atoms with Crippen LogP contribution in [-0.2, 0) is 6.42 Å². The van der Waals surface area contributed by atoms with Crippen LogP contribution in [0.15, 0.2) is 66.0 Å². The number of hydrogen-bond donors (Lipinski definition) is 1. The minimum absolute atomic E-state index is 0.0101. The van der Waals surface area contributed by atoms with Gasteiger partial charge in [0.05, 0.1) is 22.0 Å². The Morgan fingerprint density at radius 2 is 2.00 bits per heavy atom. The second kappa shape index (κ2) is 6.44. The smallest absolute Gasteiger partial charge is 0.261 e. The van der Waals surface area contributed by atoms with Crippen LogP contribution in [0.1, 0.15) is 44.8 Å². The molecule has 0 radical (unpaired) electrons. The predicted octanol–water partition coefficient (Wildman–Crippen LogP) is 4.50. The summed E-state index contributed by atoms with van der Waals surface area (Å²) < 4.78 is 0. The van der Waals surface area contributed by atoms with Crippen LogP contribution >= 0.6 is 11.3 Å². The van der Waals surface area contributed by atoms with E-state index in [-0.39, 0.29) is 11.8 Å². The van der Waals surface area contributed by atoms with Gasteiger partial charge in [0.15, 0.2) is 0 Å². The fourth-order valence-corrected chi connectivity index (χ4v) is 4.59. The van der Waals surface area contributed by atoms with Crippen molar-refractivity contribution in [1.82, 2.24) is 5.32 Å². The number of rotatable bonds is 3. The number of fused-ring (bicyclic) bond motifs is 1. The summed E-state index contributed by atoms with van der Waals surface area (Å²) in [6.45, 7) is 2.10. The first-order valence-electron chi connectivity index (χ1n) is 8.54. The lowest BCUT2D eigenvalue weighted by Gasteiger charge is -2.33. The van der Waals surface area contributed by atoms with E-state index < -0.39 is 5.54 Å². The molecule has 1 aliphatic carbocycles. The number of nitrogens with one attached hydrogen (secondary N) is 1. The van der Waals surface area contributed by atoms with Gasteiger partial charge in [0.25, 0.3) is 5.91 Å². The average molecular weight is 358 g/mol. The highest BCUT2D eigenvalue weighted by atomic mass is 32.1. The Kier molecular flexibility index (Phi) is 4.10. The van der Waals surface area contributed by atoms with Crippen LogP contribution < -0.4 is 5.32 Å². The monoisotopic (exact) mass is 358 g/mol. The first kappa shape index (κ1) is 16.6. The SMILES string of the molecule is C[C@]1(NC(=O)c2cccs2)Cc2ccc(C#N)cc2[C@H]1c1ccccc1. The minimum atomic E-state index is -0.446. The number of nitriles is 1. The highest BCUT2D eigenvalue weighted by molar-refractivity contribution is 7.12. The Balaban J connectivity index is 1.78. The zero-order valence-corrected chi connectivity index (χ0v) is 15.2. The fraction of sp³-hybridized carbons (Fsp3) is 0.182. The van der Waals surface area contributed by atoms with Crippen LogP contribution in [0.2, 0.25) is 0 Å². The van der Waals surface area contributed by atoms with Crippen LogP contribution in [0.3, 0.4) is 0 Å². The molecule has 1 aromatic heterocycles. The van der Waals surface area contributed by atoms with E-state index in [0.717, 1.165) is 17.5 Å². The number of thiophene rings is 1. The number of carbonyl (C=O) groups is 1. The van der Waals surface area contributed by atoms with E-state index in [1.165, 1.54) is 16.9 Å². The van der Waals surface area contributed by atoms with Crippen molar-refractivity contribution in [1.29, 1.82) is 5.26 Å². The molecule has 3 aromatic rings. The van der Waals surface area contributed by atoms with E-state index in [9.17, 15) is 10.1 Å². The van der Waals surface area contributed by atoms with E-state index in [4.69, 9.17) is 0 Å². The van der Waals surface area contributed by atoms with Crippen LogP contribution in [0.5, 0.6) is 0 Å². The molecule has 0 spiro atoms. The molecule has 2 aromatic carbocycles. The molecule has 2 atom stereocenters. The Hall–Kier alpha value is -2.90. The normalized spacial score (nSPS) is 21.0. The van der Waals surface area contributed by atoms with E-state index in [1.807, 2.05) is 53.9 Å². The maximum Gasteiger partial charge on any atom is 0.261 e. The van der Waals surface area contributed by atoms with Gasteiger partial charge in [0.1, 0.15) is 0 Å². The molecule has 1 heterocycles. The molecule has 0 unspecified atom stereocenters. The van der Waals surface area contributed by atoms with Gasteiger partial charge in [-0.1, -0.05) is 42.5 Å². The maximum atomic E-state index is 12.8. The van der Waals surface area contributed by atoms with Crippen molar-refractivity contribution in [2.45, 2.75) is 24.8 Å². The van der Waals surface area contributed by atoms with Gasteiger partial charge >= 0.3 is 0 Å². The lowest BCUT2D eigenvalue weighted by molar-refractivity contribution is 0.0907. The van der Waals surface area contributed by atoms with Crippen molar-refractivity contribution in [2.75, 3.05) is 0 Å². The van der Waals surface area contributed by atoms with Crippen molar-refractivity contribution in [3.05, 3.63) is 93.2 Å². The summed E-state index contributed by atoms with van der Waals surface area (Å²) >= 11 is 1.44. The summed E-state index contributed by atoms with van der Waals surface area (Å²) in [5, 5.41) is 14.5. The largest absolute Gasteiger partial charge is 0.345 e. The Morgan fingerprint density at radius 3 is 2.69 bits per heavy atom. The number of benzene rings is 2. The zero-order chi connectivity index (χ0) is 18.1. The maximum absolute atomic E-state index is 12.8. The number of nitrogens with zero attached hydrogens (tertiary/aromatic N) is 1. The number of hydrogen-bond acceptors (Lipinski definition) is 3. The minimum Gasteiger partial charge on any atom is -0.345 e. The highest BCUT2D eigenvalue weighted by Crippen LogP contribution is 2.45. The zero-order valence-electron chi connectivity index (χ0n) is 14.4. The summed E-state index contributed by atoms with van der Waals surface area (Å²) in [5.74, 6) is -0.0346. The van der Waals surface area contributed by atoms with Gasteiger partial charge in [0, 0.05) is 5.92 Å². The molecule has 0 saturated carbocycles. The van der Waals surface area contributed by atoms with Gasteiger partial charge < -0.3 is 5.32 Å². The molecule has 1 amide bonds. The number of carbonyl (C=O) groups excluding carboxylic acids is 1. The van der Waals surface area contributed by atoms with Crippen molar-refractivity contribution in [3.63, 3.8) is 0 Å². The van der Waals surface area contributed by atoms with Gasteiger partial charge in [-0.2, -0.15) is 5.26 Å². The second-order valence-corrected chi connectivity index (χ2v) is 7.84. The summed E-state index contributed by atoms with van der Waals surface area (Å²) in [6, 6.07) is 22.0. The Morgan fingerprint density at radius 1 is 1.19 bits per heavy atom. The van der Waals surface area contributed by atoms with Gasteiger partial charge in [-0.15, -0.1) is 11.3 Å². The standard InChI is InChI=1S/C22H18N2OS/c1-22(24-21(25)19-8-5-11-26-19)13-17-10-9-15(14-23)12-18(17)20(22)16-6-3-2-4-7-16/h2-12,20H,13H2,1H3,(H,24,25)/t20-,22+/m1/s1. The van der Waals surface area contributed by atoms with Crippen LogP contribution in [0.4, 0.5) is 0 Å². The van der Waals surface area contributed by atoms with E-state index >= 15 is 0 Å². The number of amides is 1. The third kappa shape index (κ3) is 2.81. The second-order valence-electron chi connectivity index (χ2n) is 6.89. The summed E-state index contributed by atoms with van der Waals surface area (Å²) in [6.07, 6.45) is 0.741. The van der Waals surface area contributed by atoms with Gasteiger partial charge in [-0.25, -0.2) is 0 Å². The predicted molar refractivity (Wildman–Crippen MR) is 103 cm³/mol. The van der Waals surface area contributed by atoms with Crippen LogP contribution in [-0.4, -0.2) is 11.4 Å². The molecule has 0 saturated heterocycles. The lowest BCUT2D eigenvalue weighted by atomic mass is 9.80. The van der Waals surface area contributed by atoms with E-state index in [0.29, 0.717) is 10.4 Å². The van der Waals surface area contributed by atoms with Crippen molar-refractivity contribution < 1.29 is 4.79 Å². The molecule has 0 aliphatic heterocycles. The first-order valence-corrected chi connectivity index (χ1v) is 9.42. The third-order valence-corrected chi connectivity index (χ3v) is 5.93. The molecule has 4 rings (SSSR count). The molecule has 3 nitrogen and oxygen atoms in total. The third-order valence-electron chi connectivity index (χ3n) is 5.06. The van der Waals surface area contributed by atoms with Crippen molar-refractivity contribution >= 4 is 17.2 Å². The molecule has 4 heteroatoms. The lowest BCUT2D eigenvalue weighted by Crippen LogP contribution is -2.49. The first-order chi connectivity index (χ1) is 12.6. The Labute approximate surface area is 156 Å². The summed E-state index contributed by atoms with van der Waals surface area (Å²) in [5.41, 5.74) is 3.67. The molecule has 128 valence electrons. The molecule has 0 fully saturated rings. The molecule has 1 aliphatic rings. The molecule has 1 N–H and O–H groups in total. The summed E-state index contributed by atoms with van der Waals surface area (Å²) in [4.78, 5) is 13.5.